The molecule has 2 rings (SSSR count). The fourth-order valence-electron chi connectivity index (χ4n) is 1.72. The number of carbonyl (C=O) groups excluding carboxylic acids is 2. The molecule has 0 fully saturated rings. The van der Waals surface area contributed by atoms with Crippen LogP contribution in [-0.2, 0) is 4.79 Å². The van der Waals surface area contributed by atoms with Crippen LogP contribution in [0.5, 0.6) is 0 Å². The molecular formula is C13H15N3O2S. The van der Waals surface area contributed by atoms with Crippen molar-refractivity contribution in [1.29, 1.82) is 0 Å². The highest BCUT2D eigenvalue weighted by atomic mass is 32.1. The van der Waals surface area contributed by atoms with Gasteiger partial charge < -0.3 is 16.4 Å². The molecule has 4 N–H and O–H groups in total. The van der Waals surface area contributed by atoms with E-state index in [-0.39, 0.29) is 18.4 Å². The average Bonchev–Trinajstić information content (AvgIpc) is 2.72. The fourth-order valence-corrected chi connectivity index (χ4v) is 2.86. The lowest BCUT2D eigenvalue weighted by Gasteiger charge is -2.02. The number of nitrogens with one attached hydrogen (secondary N) is 2. The Morgan fingerprint density at radius 1 is 1.37 bits per heavy atom. The monoisotopic (exact) mass is 277 g/mol. The van der Waals surface area contributed by atoms with Crippen LogP contribution in [0, 0.1) is 6.92 Å². The van der Waals surface area contributed by atoms with Crippen LogP contribution in [0.25, 0.3) is 10.1 Å². The molecule has 1 aromatic carbocycles. The predicted octanol–water partition coefficient (Wildman–Crippen LogP) is 1.27. The number of rotatable bonds is 3. The number of carbonyl (C=O) groups is 2. The van der Waals surface area contributed by atoms with E-state index in [1.54, 1.807) is 0 Å². The van der Waals surface area contributed by atoms with E-state index < -0.39 is 0 Å². The number of benzene rings is 1. The zero-order valence-corrected chi connectivity index (χ0v) is 11.6. The van der Waals surface area contributed by atoms with Crippen molar-refractivity contribution in [2.75, 3.05) is 19.3 Å². The lowest BCUT2D eigenvalue weighted by Crippen LogP contribution is -2.35. The normalized spacial score (nSPS) is 10.4. The van der Waals surface area contributed by atoms with E-state index in [2.05, 4.69) is 10.6 Å². The maximum absolute atomic E-state index is 12.0. The number of nitrogen functional groups attached to an aromatic ring is 1. The molecule has 2 amide bonds. The molecule has 6 heteroatoms. The van der Waals surface area contributed by atoms with Gasteiger partial charge in [0.2, 0.25) is 5.91 Å². The Morgan fingerprint density at radius 3 is 2.79 bits per heavy atom. The van der Waals surface area contributed by atoms with Gasteiger partial charge in [-0.15, -0.1) is 11.3 Å². The standard InChI is InChI=1S/C13H15N3O2S/c1-7-3-4-8-9(5-7)19-12(11(8)14)13(18)16-6-10(17)15-2/h3-5H,6,14H2,1-2H3,(H,15,17)(H,16,18). The Hall–Kier alpha value is -2.08. The highest BCUT2D eigenvalue weighted by molar-refractivity contribution is 7.21. The largest absolute Gasteiger partial charge is 0.397 e. The molecule has 0 unspecified atom stereocenters. The highest BCUT2D eigenvalue weighted by Crippen LogP contribution is 2.33. The van der Waals surface area contributed by atoms with E-state index in [4.69, 9.17) is 5.73 Å². The van der Waals surface area contributed by atoms with Gasteiger partial charge in [0.25, 0.3) is 5.91 Å². The van der Waals surface area contributed by atoms with Crippen molar-refractivity contribution >= 4 is 38.9 Å². The third kappa shape index (κ3) is 2.68. The molecule has 1 heterocycles. The summed E-state index contributed by atoms with van der Waals surface area (Å²) in [7, 11) is 1.52. The van der Waals surface area contributed by atoms with Crippen molar-refractivity contribution in [1.82, 2.24) is 10.6 Å². The van der Waals surface area contributed by atoms with Crippen LogP contribution in [0.15, 0.2) is 18.2 Å². The third-order valence-corrected chi connectivity index (χ3v) is 3.95. The minimum absolute atomic E-state index is 0.0535. The summed E-state index contributed by atoms with van der Waals surface area (Å²) in [5, 5.41) is 5.86. The molecule has 0 aliphatic heterocycles. The second kappa shape index (κ2) is 5.27. The maximum atomic E-state index is 12.0. The molecule has 2 aromatic rings. The summed E-state index contributed by atoms with van der Waals surface area (Å²) >= 11 is 1.34. The van der Waals surface area contributed by atoms with Crippen LogP contribution in [0.3, 0.4) is 0 Å². The topological polar surface area (TPSA) is 84.2 Å². The van der Waals surface area contributed by atoms with E-state index in [0.29, 0.717) is 10.6 Å². The van der Waals surface area contributed by atoms with Gasteiger partial charge in [0.1, 0.15) is 4.88 Å². The van der Waals surface area contributed by atoms with Gasteiger partial charge in [0.15, 0.2) is 0 Å². The number of amides is 2. The first kappa shape index (κ1) is 13.4. The first-order valence-corrected chi connectivity index (χ1v) is 6.62. The first-order chi connectivity index (χ1) is 9.02. The Labute approximate surface area is 114 Å². The van der Waals surface area contributed by atoms with Gasteiger partial charge in [-0.3, -0.25) is 9.59 Å². The van der Waals surface area contributed by atoms with Crippen LogP contribution in [0.2, 0.25) is 0 Å². The number of aryl methyl sites for hydroxylation is 1. The molecule has 0 aliphatic rings. The van der Waals surface area contributed by atoms with Crippen molar-refractivity contribution in [2.45, 2.75) is 6.92 Å². The minimum Gasteiger partial charge on any atom is -0.397 e. The molecule has 0 saturated heterocycles. The van der Waals surface area contributed by atoms with Gasteiger partial charge in [-0.2, -0.15) is 0 Å². The molecule has 0 bridgehead atoms. The number of anilines is 1. The lowest BCUT2D eigenvalue weighted by molar-refractivity contribution is -0.119. The Bertz CT molecular complexity index is 649. The van der Waals surface area contributed by atoms with E-state index in [0.717, 1.165) is 15.6 Å². The van der Waals surface area contributed by atoms with Crippen LogP contribution < -0.4 is 16.4 Å². The molecule has 0 radical (unpaired) electrons. The minimum atomic E-state index is -0.319. The van der Waals surface area contributed by atoms with Crippen molar-refractivity contribution in [3.8, 4) is 0 Å². The van der Waals surface area contributed by atoms with Crippen molar-refractivity contribution in [3.05, 3.63) is 28.6 Å². The summed E-state index contributed by atoms with van der Waals surface area (Å²) in [6.45, 7) is 1.93. The SMILES string of the molecule is CNC(=O)CNC(=O)c1sc2cc(C)ccc2c1N. The smallest absolute Gasteiger partial charge is 0.263 e. The molecular weight excluding hydrogens is 262 g/mol. The Balaban J connectivity index is 2.27. The zero-order valence-electron chi connectivity index (χ0n) is 10.7. The number of hydrogen-bond acceptors (Lipinski definition) is 4. The fraction of sp³-hybridized carbons (Fsp3) is 0.231. The van der Waals surface area contributed by atoms with Gasteiger partial charge in [0.05, 0.1) is 12.2 Å². The van der Waals surface area contributed by atoms with Crippen molar-refractivity contribution in [2.24, 2.45) is 0 Å². The number of nitrogens with two attached hydrogens (primary N) is 1. The van der Waals surface area contributed by atoms with E-state index in [9.17, 15) is 9.59 Å². The molecule has 100 valence electrons. The van der Waals surface area contributed by atoms with Gasteiger partial charge >= 0.3 is 0 Å². The second-order valence-corrected chi connectivity index (χ2v) is 5.25. The van der Waals surface area contributed by atoms with Gasteiger partial charge in [-0.25, -0.2) is 0 Å². The molecule has 5 nitrogen and oxygen atoms in total. The van der Waals surface area contributed by atoms with Crippen molar-refractivity contribution < 1.29 is 9.59 Å². The summed E-state index contributed by atoms with van der Waals surface area (Å²) in [5.41, 5.74) is 7.56. The van der Waals surface area contributed by atoms with Crippen molar-refractivity contribution in [3.63, 3.8) is 0 Å². The van der Waals surface area contributed by atoms with E-state index in [1.165, 1.54) is 18.4 Å². The van der Waals surface area contributed by atoms with Crippen LogP contribution >= 0.6 is 11.3 Å². The number of likely N-dealkylation sites (N-methyl/N-ethyl adjacent to an activating group) is 1. The Kier molecular flexibility index (Phi) is 3.71. The summed E-state index contributed by atoms with van der Waals surface area (Å²) < 4.78 is 0.975. The molecule has 0 spiro atoms. The molecule has 0 atom stereocenters. The van der Waals surface area contributed by atoms with Crippen LogP contribution in [0.4, 0.5) is 5.69 Å². The summed E-state index contributed by atoms with van der Waals surface area (Å²) in [4.78, 5) is 23.5. The lowest BCUT2D eigenvalue weighted by atomic mass is 10.1. The average molecular weight is 277 g/mol. The van der Waals surface area contributed by atoms with E-state index >= 15 is 0 Å². The van der Waals surface area contributed by atoms with Gasteiger partial charge in [-0.05, 0) is 18.6 Å². The molecule has 0 aliphatic carbocycles. The predicted molar refractivity (Wildman–Crippen MR) is 77.4 cm³/mol. The number of thiophene rings is 1. The van der Waals surface area contributed by atoms with Gasteiger partial charge in [0, 0.05) is 17.1 Å². The van der Waals surface area contributed by atoms with Crippen LogP contribution in [-0.4, -0.2) is 25.4 Å². The number of fused-ring (bicyclic) bond motifs is 1. The molecule has 19 heavy (non-hydrogen) atoms. The zero-order chi connectivity index (χ0) is 14.0. The third-order valence-electron chi connectivity index (χ3n) is 2.78. The highest BCUT2D eigenvalue weighted by Gasteiger charge is 2.16. The summed E-state index contributed by atoms with van der Waals surface area (Å²) in [6.07, 6.45) is 0. The first-order valence-electron chi connectivity index (χ1n) is 5.80. The molecule has 1 aromatic heterocycles. The second-order valence-electron chi connectivity index (χ2n) is 4.20. The van der Waals surface area contributed by atoms with E-state index in [1.807, 2.05) is 25.1 Å². The van der Waals surface area contributed by atoms with Gasteiger partial charge in [-0.1, -0.05) is 12.1 Å². The quantitative estimate of drug-likeness (QED) is 0.790. The van der Waals surface area contributed by atoms with Crippen LogP contribution in [0.1, 0.15) is 15.2 Å². The Morgan fingerprint density at radius 2 is 2.11 bits per heavy atom. The number of hydrogen-bond donors (Lipinski definition) is 3. The summed E-state index contributed by atoms with van der Waals surface area (Å²) in [6, 6.07) is 5.86. The molecule has 0 saturated carbocycles. The maximum Gasteiger partial charge on any atom is 0.263 e. The summed E-state index contributed by atoms with van der Waals surface area (Å²) in [5.74, 6) is -0.566.